The van der Waals surface area contributed by atoms with Crippen molar-refractivity contribution in [2.24, 2.45) is 14.1 Å². The van der Waals surface area contributed by atoms with E-state index in [-0.39, 0.29) is 11.2 Å². The molecule has 0 spiro atoms. The largest absolute Gasteiger partial charge is 0.497 e. The Morgan fingerprint density at radius 3 is 2.34 bits per heavy atom. The molecule has 8 heteroatoms. The summed E-state index contributed by atoms with van der Waals surface area (Å²) in [6, 6.07) is 15.5. The van der Waals surface area contributed by atoms with Crippen LogP contribution in [0.15, 0.2) is 62.6 Å². The first-order valence-corrected chi connectivity index (χ1v) is 11.0. The highest BCUT2D eigenvalue weighted by molar-refractivity contribution is 9.10. The smallest absolute Gasteiger partial charge is 0.331 e. The number of rotatable bonds is 3. The number of benzene rings is 2. The highest BCUT2D eigenvalue weighted by atomic mass is 79.9. The van der Waals surface area contributed by atoms with Gasteiger partial charge in [-0.3, -0.25) is 13.9 Å². The average Bonchev–Trinajstić information content (AvgIpc) is 3.17. The summed E-state index contributed by atoms with van der Waals surface area (Å²) < 4.78 is 17.3. The summed E-state index contributed by atoms with van der Waals surface area (Å²) in [6.45, 7) is 1.07. The molecular weight excluding hydrogens is 474 g/mol. The van der Waals surface area contributed by atoms with E-state index in [0.29, 0.717) is 24.1 Å². The molecule has 164 valence electrons. The lowest BCUT2D eigenvalue weighted by Gasteiger charge is -2.27. The van der Waals surface area contributed by atoms with Crippen molar-refractivity contribution < 1.29 is 9.47 Å². The Balaban J connectivity index is 1.90. The molecule has 3 heterocycles. The van der Waals surface area contributed by atoms with Gasteiger partial charge >= 0.3 is 5.69 Å². The fourth-order valence-corrected chi connectivity index (χ4v) is 4.78. The lowest BCUT2D eigenvalue weighted by atomic mass is 10.0. The number of hydrogen-bond acceptors (Lipinski definition) is 4. The van der Waals surface area contributed by atoms with Crippen molar-refractivity contribution in [3.05, 3.63) is 85.1 Å². The molecule has 0 saturated heterocycles. The molecule has 1 aliphatic heterocycles. The molecule has 0 bridgehead atoms. The molecule has 0 fully saturated rings. The molecular formula is C24H22BrN3O4. The van der Waals surface area contributed by atoms with E-state index < -0.39 is 6.10 Å². The van der Waals surface area contributed by atoms with Crippen LogP contribution in [0.1, 0.15) is 17.4 Å². The van der Waals surface area contributed by atoms with Crippen molar-refractivity contribution in [1.82, 2.24) is 13.7 Å². The molecule has 7 nitrogen and oxygen atoms in total. The predicted molar refractivity (Wildman–Crippen MR) is 126 cm³/mol. The summed E-state index contributed by atoms with van der Waals surface area (Å²) in [4.78, 5) is 26.2. The fraction of sp³-hybridized carbons (Fsp3) is 0.250. The minimum Gasteiger partial charge on any atom is -0.497 e. The molecule has 0 unspecified atom stereocenters. The Labute approximate surface area is 192 Å². The quantitative estimate of drug-likeness (QED) is 0.435. The van der Waals surface area contributed by atoms with Gasteiger partial charge in [-0.15, -0.1) is 0 Å². The molecule has 0 N–H and O–H groups in total. The van der Waals surface area contributed by atoms with Gasteiger partial charge in [-0.25, -0.2) is 4.79 Å². The van der Waals surface area contributed by atoms with Gasteiger partial charge in [-0.05, 0) is 47.5 Å². The number of nitrogens with zero attached hydrogens (tertiary/aromatic N) is 3. The summed E-state index contributed by atoms with van der Waals surface area (Å²) >= 11 is 3.48. The number of halogens is 1. The maximum absolute atomic E-state index is 13.4. The van der Waals surface area contributed by atoms with E-state index in [1.807, 2.05) is 48.5 Å². The van der Waals surface area contributed by atoms with Crippen molar-refractivity contribution in [3.63, 3.8) is 0 Å². The van der Waals surface area contributed by atoms with Gasteiger partial charge in [0.25, 0.3) is 5.56 Å². The van der Waals surface area contributed by atoms with Crippen LogP contribution in [-0.4, -0.2) is 27.4 Å². The number of methoxy groups -OCH3 is 1. The van der Waals surface area contributed by atoms with E-state index in [4.69, 9.17) is 9.47 Å². The van der Waals surface area contributed by atoms with E-state index in [1.165, 1.54) is 7.05 Å². The van der Waals surface area contributed by atoms with E-state index in [1.54, 1.807) is 18.7 Å². The van der Waals surface area contributed by atoms with Gasteiger partial charge in [-0.2, -0.15) is 0 Å². The number of aromatic nitrogens is 3. The van der Waals surface area contributed by atoms with Crippen molar-refractivity contribution >= 4 is 26.8 Å². The highest BCUT2D eigenvalue weighted by Gasteiger charge is 2.33. The molecule has 0 saturated carbocycles. The van der Waals surface area contributed by atoms with Crippen molar-refractivity contribution in [1.29, 1.82) is 0 Å². The molecule has 1 atom stereocenters. The maximum atomic E-state index is 13.4. The number of hydrogen-bond donors (Lipinski definition) is 0. The normalized spacial score (nSPS) is 15.7. The summed E-state index contributed by atoms with van der Waals surface area (Å²) in [5.74, 6) is 0.736. The lowest BCUT2D eigenvalue weighted by Crippen LogP contribution is -2.37. The van der Waals surface area contributed by atoms with Crippen LogP contribution in [-0.2, 0) is 25.4 Å². The first-order valence-electron chi connectivity index (χ1n) is 10.3. The number of aryl methyl sites for hydroxylation is 1. The van der Waals surface area contributed by atoms with E-state index >= 15 is 0 Å². The van der Waals surface area contributed by atoms with Gasteiger partial charge < -0.3 is 14.0 Å². The molecule has 5 rings (SSSR count). The summed E-state index contributed by atoms with van der Waals surface area (Å²) in [7, 11) is 4.84. The topological polar surface area (TPSA) is 67.4 Å². The van der Waals surface area contributed by atoms with Crippen LogP contribution in [0.3, 0.4) is 0 Å². The van der Waals surface area contributed by atoms with Gasteiger partial charge in [0.05, 0.1) is 36.0 Å². The first kappa shape index (κ1) is 20.8. The van der Waals surface area contributed by atoms with Gasteiger partial charge in [0.15, 0.2) is 0 Å². The highest BCUT2D eigenvalue weighted by Crippen LogP contribution is 2.40. The molecule has 2 aromatic carbocycles. The Bertz CT molecular complexity index is 1450. The molecule has 0 radical (unpaired) electrons. The van der Waals surface area contributed by atoms with Crippen LogP contribution in [0, 0.1) is 0 Å². The van der Waals surface area contributed by atoms with Crippen molar-refractivity contribution in [2.75, 3.05) is 13.7 Å². The van der Waals surface area contributed by atoms with Gasteiger partial charge in [0, 0.05) is 25.1 Å². The van der Waals surface area contributed by atoms with Crippen LogP contribution in [0.25, 0.3) is 22.2 Å². The monoisotopic (exact) mass is 495 g/mol. The van der Waals surface area contributed by atoms with Crippen LogP contribution < -0.4 is 16.0 Å². The number of fused-ring (bicyclic) bond motifs is 3. The second-order valence-corrected chi connectivity index (χ2v) is 8.76. The van der Waals surface area contributed by atoms with E-state index in [2.05, 4.69) is 20.5 Å². The van der Waals surface area contributed by atoms with E-state index in [0.717, 1.165) is 37.3 Å². The molecule has 0 amide bonds. The summed E-state index contributed by atoms with van der Waals surface area (Å²) in [5, 5.41) is 0.516. The second-order valence-electron chi connectivity index (χ2n) is 7.85. The molecule has 4 aromatic rings. The molecule has 1 aliphatic rings. The van der Waals surface area contributed by atoms with Crippen molar-refractivity contribution in [2.45, 2.75) is 12.6 Å². The minimum atomic E-state index is -0.399. The Hall–Kier alpha value is -3.10. The SMILES string of the molecule is COc1ccc(-c2c3c(=O)n(C)c(=O)n(C)c3c3n2CCO[C@H]3c2ccc(Br)cc2)cc1. The van der Waals surface area contributed by atoms with E-state index in [9.17, 15) is 9.59 Å². The standard InChI is InChI=1S/C24H22BrN3O4/c1-26-20-18(23(29)27(2)24(26)30)19(14-6-10-17(31-3)11-7-14)28-12-13-32-22(21(20)28)15-4-8-16(25)9-5-15/h4-11,22H,12-13H2,1-3H3/t22-/m0/s1. The van der Waals surface area contributed by atoms with Gasteiger partial charge in [-0.1, -0.05) is 28.1 Å². The molecule has 2 aromatic heterocycles. The number of ether oxygens (including phenoxy) is 2. The fourth-order valence-electron chi connectivity index (χ4n) is 4.52. The maximum Gasteiger partial charge on any atom is 0.331 e. The van der Waals surface area contributed by atoms with Crippen LogP contribution in [0.5, 0.6) is 5.75 Å². The lowest BCUT2D eigenvalue weighted by molar-refractivity contribution is 0.0478. The molecule has 0 aliphatic carbocycles. The van der Waals surface area contributed by atoms with Crippen LogP contribution in [0.4, 0.5) is 0 Å². The minimum absolute atomic E-state index is 0.314. The van der Waals surface area contributed by atoms with Crippen molar-refractivity contribution in [3.8, 4) is 17.0 Å². The molecule has 32 heavy (non-hydrogen) atoms. The Kier molecular flexibility index (Phi) is 5.06. The zero-order valence-electron chi connectivity index (χ0n) is 18.0. The Morgan fingerprint density at radius 2 is 1.69 bits per heavy atom. The van der Waals surface area contributed by atoms with Crippen LogP contribution in [0.2, 0.25) is 0 Å². The summed E-state index contributed by atoms with van der Waals surface area (Å²) in [5.41, 5.74) is 3.38. The first-order chi connectivity index (χ1) is 15.4. The van der Waals surface area contributed by atoms with Gasteiger partial charge in [0.2, 0.25) is 0 Å². The predicted octanol–water partition coefficient (Wildman–Crippen LogP) is 3.60. The van der Waals surface area contributed by atoms with Crippen LogP contribution >= 0.6 is 15.9 Å². The second kappa shape index (κ2) is 7.79. The van der Waals surface area contributed by atoms with Gasteiger partial charge in [0.1, 0.15) is 11.9 Å². The third kappa shape index (κ3) is 3.05. The average molecular weight is 496 g/mol. The third-order valence-electron chi connectivity index (χ3n) is 6.09. The Morgan fingerprint density at radius 1 is 1.00 bits per heavy atom. The zero-order valence-corrected chi connectivity index (χ0v) is 19.5. The third-order valence-corrected chi connectivity index (χ3v) is 6.62. The summed E-state index contributed by atoms with van der Waals surface area (Å²) in [6.07, 6.45) is -0.399. The zero-order chi connectivity index (χ0) is 22.6.